The lowest BCUT2D eigenvalue weighted by atomic mass is 10.2. The predicted molar refractivity (Wildman–Crippen MR) is 104 cm³/mol. The number of hydrogen-bond acceptors (Lipinski definition) is 5. The SMILES string of the molecule is O=C(Nc1ccc(-n2cccn2)nc1)c1cccc(OCc2cccnc2)c1. The lowest BCUT2D eigenvalue weighted by Crippen LogP contribution is -2.12. The molecule has 1 amide bonds. The number of pyridine rings is 2. The van der Waals surface area contributed by atoms with E-state index in [0.29, 0.717) is 29.4 Å². The van der Waals surface area contributed by atoms with E-state index in [0.717, 1.165) is 5.56 Å². The van der Waals surface area contributed by atoms with Crippen LogP contribution in [0.2, 0.25) is 0 Å². The molecular formula is C21H17N5O2. The number of anilines is 1. The van der Waals surface area contributed by atoms with Gasteiger partial charge >= 0.3 is 0 Å². The second-order valence-corrected chi connectivity index (χ2v) is 5.99. The first-order valence-corrected chi connectivity index (χ1v) is 8.67. The second-order valence-electron chi connectivity index (χ2n) is 5.99. The quantitative estimate of drug-likeness (QED) is 0.561. The first-order valence-electron chi connectivity index (χ1n) is 8.67. The van der Waals surface area contributed by atoms with Gasteiger partial charge in [-0.2, -0.15) is 5.10 Å². The second kappa shape index (κ2) is 8.13. The van der Waals surface area contributed by atoms with Crippen molar-refractivity contribution in [2.45, 2.75) is 6.61 Å². The molecule has 0 radical (unpaired) electrons. The van der Waals surface area contributed by atoms with Crippen molar-refractivity contribution in [1.29, 1.82) is 0 Å². The largest absolute Gasteiger partial charge is 0.489 e. The molecule has 3 aromatic heterocycles. The number of hydrogen-bond donors (Lipinski definition) is 1. The predicted octanol–water partition coefficient (Wildman–Crippen LogP) is 3.49. The van der Waals surface area contributed by atoms with Crippen LogP contribution in [0.5, 0.6) is 5.75 Å². The zero-order valence-electron chi connectivity index (χ0n) is 14.9. The summed E-state index contributed by atoms with van der Waals surface area (Å²) in [7, 11) is 0. The molecule has 0 saturated carbocycles. The fraction of sp³-hybridized carbons (Fsp3) is 0.0476. The molecule has 0 aliphatic rings. The Labute approximate surface area is 161 Å². The van der Waals surface area contributed by atoms with Gasteiger partial charge in [-0.15, -0.1) is 0 Å². The van der Waals surface area contributed by atoms with Crippen LogP contribution in [0.15, 0.2) is 85.6 Å². The van der Waals surface area contributed by atoms with Crippen molar-refractivity contribution in [2.24, 2.45) is 0 Å². The van der Waals surface area contributed by atoms with Crippen LogP contribution >= 0.6 is 0 Å². The number of carbonyl (C=O) groups excluding carboxylic acids is 1. The molecule has 7 nitrogen and oxygen atoms in total. The van der Waals surface area contributed by atoms with E-state index < -0.39 is 0 Å². The fourth-order valence-electron chi connectivity index (χ4n) is 2.58. The molecule has 0 aliphatic heterocycles. The average Bonchev–Trinajstić information content (AvgIpc) is 3.29. The van der Waals surface area contributed by atoms with Gasteiger partial charge in [-0.25, -0.2) is 9.67 Å². The summed E-state index contributed by atoms with van der Waals surface area (Å²) in [5.41, 5.74) is 2.06. The standard InChI is InChI=1S/C21H17N5O2/c27-21(25-18-7-8-20(23-14-18)26-11-3-10-24-26)17-5-1-6-19(12-17)28-15-16-4-2-9-22-13-16/h1-14H,15H2,(H,25,27). The Morgan fingerprint density at radius 3 is 2.75 bits per heavy atom. The van der Waals surface area contributed by atoms with Crippen LogP contribution in [-0.2, 0) is 6.61 Å². The van der Waals surface area contributed by atoms with Crippen LogP contribution in [0.3, 0.4) is 0 Å². The summed E-state index contributed by atoms with van der Waals surface area (Å²) in [4.78, 5) is 20.9. The van der Waals surface area contributed by atoms with Crippen molar-refractivity contribution in [3.8, 4) is 11.6 Å². The highest BCUT2D eigenvalue weighted by atomic mass is 16.5. The molecule has 1 N–H and O–H groups in total. The van der Waals surface area contributed by atoms with Crippen molar-refractivity contribution in [3.05, 3.63) is 96.7 Å². The lowest BCUT2D eigenvalue weighted by Gasteiger charge is -2.09. The highest BCUT2D eigenvalue weighted by molar-refractivity contribution is 6.04. The summed E-state index contributed by atoms with van der Waals surface area (Å²) < 4.78 is 7.40. The van der Waals surface area contributed by atoms with E-state index in [2.05, 4.69) is 20.4 Å². The molecule has 0 spiro atoms. The Balaban J connectivity index is 1.40. The topological polar surface area (TPSA) is 81.9 Å². The maximum absolute atomic E-state index is 12.5. The van der Waals surface area contributed by atoms with Gasteiger partial charge < -0.3 is 10.1 Å². The molecule has 28 heavy (non-hydrogen) atoms. The Hall–Kier alpha value is -4.00. The monoisotopic (exact) mass is 371 g/mol. The molecule has 4 aromatic rings. The van der Waals surface area contributed by atoms with Gasteiger partial charge in [0.2, 0.25) is 0 Å². The summed E-state index contributed by atoms with van der Waals surface area (Å²) in [5.74, 6) is 1.05. The molecule has 0 unspecified atom stereocenters. The van der Waals surface area contributed by atoms with Gasteiger partial charge in [0.1, 0.15) is 12.4 Å². The van der Waals surface area contributed by atoms with Gasteiger partial charge in [0.15, 0.2) is 5.82 Å². The minimum Gasteiger partial charge on any atom is -0.489 e. The van der Waals surface area contributed by atoms with E-state index in [-0.39, 0.29) is 5.91 Å². The molecule has 3 heterocycles. The summed E-state index contributed by atoms with van der Waals surface area (Å²) in [5, 5.41) is 6.96. The number of benzene rings is 1. The maximum atomic E-state index is 12.5. The number of ether oxygens (including phenoxy) is 1. The third kappa shape index (κ3) is 4.21. The molecule has 0 atom stereocenters. The molecule has 0 bridgehead atoms. The molecule has 138 valence electrons. The number of amides is 1. The van der Waals surface area contributed by atoms with E-state index in [4.69, 9.17) is 4.74 Å². The van der Waals surface area contributed by atoms with Gasteiger partial charge in [0.25, 0.3) is 5.91 Å². The van der Waals surface area contributed by atoms with Crippen molar-refractivity contribution >= 4 is 11.6 Å². The zero-order valence-corrected chi connectivity index (χ0v) is 14.9. The van der Waals surface area contributed by atoms with Crippen LogP contribution in [0, 0.1) is 0 Å². The van der Waals surface area contributed by atoms with Crippen LogP contribution in [-0.4, -0.2) is 25.7 Å². The molecule has 0 fully saturated rings. The summed E-state index contributed by atoms with van der Waals surface area (Å²) in [6.45, 7) is 0.387. The van der Waals surface area contributed by atoms with E-state index in [1.165, 1.54) is 0 Å². The Kier molecular flexibility index (Phi) is 5.06. The molecular weight excluding hydrogens is 354 g/mol. The molecule has 4 rings (SSSR count). The minimum absolute atomic E-state index is 0.236. The Morgan fingerprint density at radius 2 is 2.00 bits per heavy atom. The Bertz CT molecular complexity index is 1050. The first-order chi connectivity index (χ1) is 13.8. The van der Waals surface area contributed by atoms with E-state index in [1.807, 2.05) is 24.3 Å². The highest BCUT2D eigenvalue weighted by Gasteiger charge is 2.08. The lowest BCUT2D eigenvalue weighted by molar-refractivity contribution is 0.102. The van der Waals surface area contributed by atoms with Gasteiger partial charge in [-0.3, -0.25) is 9.78 Å². The van der Waals surface area contributed by atoms with Gasteiger partial charge in [0.05, 0.1) is 11.9 Å². The average molecular weight is 371 g/mol. The van der Waals surface area contributed by atoms with Crippen LogP contribution < -0.4 is 10.1 Å². The molecule has 0 saturated heterocycles. The molecule has 7 heteroatoms. The highest BCUT2D eigenvalue weighted by Crippen LogP contribution is 2.17. The minimum atomic E-state index is -0.236. The number of nitrogens with zero attached hydrogens (tertiary/aromatic N) is 4. The van der Waals surface area contributed by atoms with Crippen LogP contribution in [0.4, 0.5) is 5.69 Å². The normalized spacial score (nSPS) is 10.4. The van der Waals surface area contributed by atoms with Crippen molar-refractivity contribution in [3.63, 3.8) is 0 Å². The van der Waals surface area contributed by atoms with E-state index >= 15 is 0 Å². The summed E-state index contributed by atoms with van der Waals surface area (Å²) in [6, 6.07) is 16.2. The number of rotatable bonds is 6. The number of nitrogens with one attached hydrogen (secondary N) is 1. The van der Waals surface area contributed by atoms with E-state index in [9.17, 15) is 4.79 Å². The van der Waals surface area contributed by atoms with Gasteiger partial charge in [-0.1, -0.05) is 12.1 Å². The fourth-order valence-corrected chi connectivity index (χ4v) is 2.58. The number of carbonyl (C=O) groups is 1. The summed E-state index contributed by atoms with van der Waals surface area (Å²) in [6.07, 6.45) is 8.54. The molecule has 1 aromatic carbocycles. The summed E-state index contributed by atoms with van der Waals surface area (Å²) >= 11 is 0. The third-order valence-corrected chi connectivity index (χ3v) is 3.97. The first kappa shape index (κ1) is 17.4. The van der Waals surface area contributed by atoms with Crippen molar-refractivity contribution in [1.82, 2.24) is 19.7 Å². The van der Waals surface area contributed by atoms with Crippen molar-refractivity contribution in [2.75, 3.05) is 5.32 Å². The van der Waals surface area contributed by atoms with Crippen LogP contribution in [0.25, 0.3) is 5.82 Å². The third-order valence-electron chi connectivity index (χ3n) is 3.97. The molecule has 0 aliphatic carbocycles. The van der Waals surface area contributed by atoms with Gasteiger partial charge in [-0.05, 0) is 42.5 Å². The van der Waals surface area contributed by atoms with Gasteiger partial charge in [0, 0.05) is 35.9 Å². The Morgan fingerprint density at radius 1 is 1.04 bits per heavy atom. The zero-order chi connectivity index (χ0) is 19.2. The van der Waals surface area contributed by atoms with Crippen molar-refractivity contribution < 1.29 is 9.53 Å². The maximum Gasteiger partial charge on any atom is 0.255 e. The smallest absolute Gasteiger partial charge is 0.255 e. The van der Waals surface area contributed by atoms with Crippen LogP contribution in [0.1, 0.15) is 15.9 Å². The number of aromatic nitrogens is 4. The van der Waals surface area contributed by atoms with E-state index in [1.54, 1.807) is 66.0 Å².